The predicted octanol–water partition coefficient (Wildman–Crippen LogP) is 3.44. The van der Waals surface area contributed by atoms with Gasteiger partial charge in [0, 0.05) is 18.1 Å². The highest BCUT2D eigenvalue weighted by Crippen LogP contribution is 2.29. The van der Waals surface area contributed by atoms with Gasteiger partial charge in [0.15, 0.2) is 11.8 Å². The Morgan fingerprint density at radius 1 is 1.27 bits per heavy atom. The second kappa shape index (κ2) is 10.5. The fourth-order valence-corrected chi connectivity index (χ4v) is 3.42. The molecule has 0 aliphatic rings. The summed E-state index contributed by atoms with van der Waals surface area (Å²) in [4.78, 5) is 41.4. The molecule has 8 nitrogen and oxygen atoms in total. The van der Waals surface area contributed by atoms with Crippen molar-refractivity contribution in [2.45, 2.75) is 52.7 Å². The van der Waals surface area contributed by atoms with Crippen molar-refractivity contribution < 1.29 is 9.53 Å². The fourth-order valence-electron chi connectivity index (χ4n) is 2.96. The number of nitrogens with two attached hydrogens (primary N) is 1. The highest BCUT2D eigenvalue weighted by atomic mass is 35.5. The molecule has 0 spiro atoms. The highest BCUT2D eigenvalue weighted by Gasteiger charge is 2.28. The number of carbonyl (C=O) groups excluding carboxylic acids is 1. The van der Waals surface area contributed by atoms with E-state index in [1.54, 1.807) is 19.1 Å². The minimum absolute atomic E-state index is 0.0456. The summed E-state index contributed by atoms with van der Waals surface area (Å²) in [6.07, 6.45) is 1.13. The summed E-state index contributed by atoms with van der Waals surface area (Å²) in [6, 6.07) is 4.66. The van der Waals surface area contributed by atoms with Crippen LogP contribution in [0.4, 0.5) is 11.5 Å². The van der Waals surface area contributed by atoms with Gasteiger partial charge in [-0.1, -0.05) is 43.5 Å². The van der Waals surface area contributed by atoms with Crippen LogP contribution >= 0.6 is 23.2 Å². The molecule has 1 unspecified atom stereocenters. The Hall–Kier alpha value is -2.45. The normalized spacial score (nSPS) is 11.9. The number of rotatable bonds is 9. The summed E-state index contributed by atoms with van der Waals surface area (Å²) in [7, 11) is 0. The van der Waals surface area contributed by atoms with Gasteiger partial charge in [0.2, 0.25) is 0 Å². The quantitative estimate of drug-likeness (QED) is 0.600. The number of nitrogens with one attached hydrogen (secondary N) is 1. The first-order valence-electron chi connectivity index (χ1n) is 9.76. The SMILES string of the molecule is CCCCn1c(N)c(N(CCC)C(=O)C(C)Oc2ccc(Cl)cc2Cl)c(=O)[nH]c1=O. The van der Waals surface area contributed by atoms with Crippen molar-refractivity contribution in [2.75, 3.05) is 17.2 Å². The van der Waals surface area contributed by atoms with Crippen LogP contribution in [0, 0.1) is 0 Å². The summed E-state index contributed by atoms with van der Waals surface area (Å²) in [6.45, 7) is 5.94. The van der Waals surface area contributed by atoms with Crippen LogP contribution in [-0.4, -0.2) is 28.1 Å². The zero-order chi connectivity index (χ0) is 22.4. The number of H-pyrrole nitrogens is 1. The third-order valence-electron chi connectivity index (χ3n) is 4.48. The van der Waals surface area contributed by atoms with Crippen LogP contribution in [0.1, 0.15) is 40.0 Å². The molecule has 1 aromatic carbocycles. The van der Waals surface area contributed by atoms with E-state index in [9.17, 15) is 14.4 Å². The molecule has 0 radical (unpaired) electrons. The number of unbranched alkanes of at least 4 members (excludes halogenated alkanes) is 1. The Bertz CT molecular complexity index is 1020. The molecule has 0 saturated heterocycles. The number of benzene rings is 1. The van der Waals surface area contributed by atoms with Crippen molar-refractivity contribution >= 4 is 40.6 Å². The average molecular weight is 457 g/mol. The first kappa shape index (κ1) is 23.8. The number of hydrogen-bond donors (Lipinski definition) is 2. The van der Waals surface area contributed by atoms with Crippen LogP contribution < -0.4 is 26.6 Å². The molecule has 1 amide bonds. The molecule has 2 aromatic rings. The topological polar surface area (TPSA) is 110 Å². The molecule has 1 atom stereocenters. The molecule has 0 aliphatic heterocycles. The lowest BCUT2D eigenvalue weighted by atomic mass is 10.2. The van der Waals surface area contributed by atoms with E-state index in [0.717, 1.165) is 6.42 Å². The number of nitrogen functional groups attached to an aromatic ring is 1. The number of hydrogen-bond acceptors (Lipinski definition) is 5. The Labute approximate surface area is 184 Å². The number of amides is 1. The maximum atomic E-state index is 13.2. The summed E-state index contributed by atoms with van der Waals surface area (Å²) in [5, 5.41) is 0.697. The van der Waals surface area contributed by atoms with E-state index in [1.165, 1.54) is 15.5 Å². The Balaban J connectivity index is 2.42. The lowest BCUT2D eigenvalue weighted by Gasteiger charge is -2.27. The summed E-state index contributed by atoms with van der Waals surface area (Å²) < 4.78 is 6.98. The maximum Gasteiger partial charge on any atom is 0.330 e. The van der Waals surface area contributed by atoms with Crippen LogP contribution in [0.5, 0.6) is 5.75 Å². The third-order valence-corrected chi connectivity index (χ3v) is 5.01. The van der Waals surface area contributed by atoms with Crippen LogP contribution in [0.2, 0.25) is 10.0 Å². The van der Waals surface area contributed by atoms with Gasteiger partial charge in [-0.3, -0.25) is 19.1 Å². The van der Waals surface area contributed by atoms with Gasteiger partial charge in [0.05, 0.1) is 5.02 Å². The lowest BCUT2D eigenvalue weighted by molar-refractivity contribution is -0.124. The molecule has 0 fully saturated rings. The number of ether oxygens (including phenoxy) is 1. The minimum Gasteiger partial charge on any atom is -0.479 e. The standard InChI is InChI=1S/C20H26Cl2N4O4/c1-4-6-10-26-17(23)16(18(27)24-20(26)29)25(9-5-2)19(28)12(3)30-15-8-7-13(21)11-14(15)22/h7-8,11-12H,4-6,9-10,23H2,1-3H3,(H,24,27,29). The van der Waals surface area contributed by atoms with Gasteiger partial charge in [-0.2, -0.15) is 0 Å². The van der Waals surface area contributed by atoms with Gasteiger partial charge in [-0.15, -0.1) is 0 Å². The van der Waals surface area contributed by atoms with Gasteiger partial charge in [-0.25, -0.2) is 4.79 Å². The Kier molecular flexibility index (Phi) is 8.37. The molecule has 10 heteroatoms. The van der Waals surface area contributed by atoms with E-state index in [2.05, 4.69) is 4.98 Å². The molecule has 1 heterocycles. The molecule has 0 saturated carbocycles. The summed E-state index contributed by atoms with van der Waals surface area (Å²) in [5.41, 5.74) is 4.78. The van der Waals surface area contributed by atoms with Gasteiger partial charge >= 0.3 is 5.69 Å². The van der Waals surface area contributed by atoms with E-state index in [-0.39, 0.29) is 28.8 Å². The van der Waals surface area contributed by atoms with Crippen LogP contribution in [-0.2, 0) is 11.3 Å². The first-order chi connectivity index (χ1) is 14.2. The van der Waals surface area contributed by atoms with E-state index < -0.39 is 23.3 Å². The Morgan fingerprint density at radius 3 is 2.57 bits per heavy atom. The number of aromatic nitrogens is 2. The molecule has 0 bridgehead atoms. The van der Waals surface area contributed by atoms with Crippen molar-refractivity contribution in [3.05, 3.63) is 49.1 Å². The number of nitrogens with zero attached hydrogens (tertiary/aromatic N) is 2. The van der Waals surface area contributed by atoms with Crippen molar-refractivity contribution in [1.82, 2.24) is 9.55 Å². The molecular formula is C20H26Cl2N4O4. The zero-order valence-electron chi connectivity index (χ0n) is 17.2. The van der Waals surface area contributed by atoms with Crippen molar-refractivity contribution in [2.24, 2.45) is 0 Å². The number of halogens is 2. The van der Waals surface area contributed by atoms with Gasteiger partial charge in [-0.05, 0) is 38.0 Å². The molecule has 1 aromatic heterocycles. The molecule has 2 rings (SSSR count). The monoisotopic (exact) mass is 456 g/mol. The van der Waals surface area contributed by atoms with Crippen molar-refractivity contribution in [3.63, 3.8) is 0 Å². The van der Waals surface area contributed by atoms with E-state index in [0.29, 0.717) is 24.4 Å². The minimum atomic E-state index is -0.968. The van der Waals surface area contributed by atoms with E-state index in [1.807, 2.05) is 13.8 Å². The lowest BCUT2D eigenvalue weighted by Crippen LogP contribution is -2.46. The Morgan fingerprint density at radius 2 is 1.97 bits per heavy atom. The third kappa shape index (κ3) is 5.37. The average Bonchev–Trinajstić information content (AvgIpc) is 2.68. The largest absolute Gasteiger partial charge is 0.479 e. The van der Waals surface area contributed by atoms with Gasteiger partial charge in [0.25, 0.3) is 11.5 Å². The van der Waals surface area contributed by atoms with E-state index >= 15 is 0 Å². The molecule has 30 heavy (non-hydrogen) atoms. The van der Waals surface area contributed by atoms with E-state index in [4.69, 9.17) is 33.7 Å². The van der Waals surface area contributed by atoms with Gasteiger partial charge < -0.3 is 15.4 Å². The molecule has 164 valence electrons. The van der Waals surface area contributed by atoms with Crippen molar-refractivity contribution in [1.29, 1.82) is 0 Å². The summed E-state index contributed by atoms with van der Waals surface area (Å²) >= 11 is 12.0. The number of carbonyl (C=O) groups is 1. The zero-order valence-corrected chi connectivity index (χ0v) is 18.7. The molecule has 3 N–H and O–H groups in total. The van der Waals surface area contributed by atoms with Crippen LogP contribution in [0.3, 0.4) is 0 Å². The smallest absolute Gasteiger partial charge is 0.330 e. The molecular weight excluding hydrogens is 431 g/mol. The number of aromatic amines is 1. The fraction of sp³-hybridized carbons (Fsp3) is 0.450. The number of anilines is 2. The maximum absolute atomic E-state index is 13.2. The van der Waals surface area contributed by atoms with Gasteiger partial charge in [0.1, 0.15) is 11.6 Å². The van der Waals surface area contributed by atoms with Crippen LogP contribution in [0.25, 0.3) is 0 Å². The first-order valence-corrected chi connectivity index (χ1v) is 10.5. The predicted molar refractivity (Wildman–Crippen MR) is 120 cm³/mol. The van der Waals surface area contributed by atoms with Crippen LogP contribution in [0.15, 0.2) is 27.8 Å². The second-order valence-corrected chi connectivity index (χ2v) is 7.67. The van der Waals surface area contributed by atoms with Crippen molar-refractivity contribution in [3.8, 4) is 5.75 Å². The summed E-state index contributed by atoms with van der Waals surface area (Å²) in [5.74, 6) is -0.246. The highest BCUT2D eigenvalue weighted by molar-refractivity contribution is 6.35. The molecule has 0 aliphatic carbocycles. The second-order valence-electron chi connectivity index (χ2n) is 6.82.